The Balaban J connectivity index is 1.47. The maximum absolute atomic E-state index is 12.7. The van der Waals surface area contributed by atoms with Crippen LogP contribution in [-0.2, 0) is 17.6 Å². The molecule has 0 radical (unpaired) electrons. The molecule has 3 aromatic rings. The Morgan fingerprint density at radius 1 is 1.37 bits per heavy atom. The number of ether oxygens (including phenoxy) is 1. The van der Waals surface area contributed by atoms with E-state index in [2.05, 4.69) is 10.3 Å². The van der Waals surface area contributed by atoms with Gasteiger partial charge in [0.05, 0.1) is 17.8 Å². The molecule has 1 N–H and O–H groups in total. The number of carbonyl (C=O) groups excluding carboxylic acids is 1. The Hall–Kier alpha value is -2.44. The molecule has 7 heteroatoms. The SMILES string of the molecule is COc1ccc(NC(=O)C2CCc3nc(-c4cccnc4)sc3C2)cc1Cl. The fourth-order valence-electron chi connectivity index (χ4n) is 3.20. The minimum atomic E-state index is -0.0689. The van der Waals surface area contributed by atoms with Crippen LogP contribution in [0.15, 0.2) is 42.7 Å². The number of carbonyl (C=O) groups is 1. The van der Waals surface area contributed by atoms with Crippen molar-refractivity contribution in [3.8, 4) is 16.3 Å². The first kappa shape index (κ1) is 17.9. The number of pyridine rings is 1. The van der Waals surface area contributed by atoms with Crippen LogP contribution in [0.4, 0.5) is 5.69 Å². The number of halogens is 1. The number of hydrogen-bond donors (Lipinski definition) is 1. The van der Waals surface area contributed by atoms with E-state index in [0.717, 1.165) is 29.1 Å². The zero-order valence-corrected chi connectivity index (χ0v) is 16.3. The molecule has 1 aliphatic carbocycles. The summed E-state index contributed by atoms with van der Waals surface area (Å²) in [6.07, 6.45) is 5.89. The topological polar surface area (TPSA) is 64.1 Å². The summed E-state index contributed by atoms with van der Waals surface area (Å²) in [6.45, 7) is 0. The molecule has 4 rings (SSSR count). The zero-order chi connectivity index (χ0) is 18.8. The van der Waals surface area contributed by atoms with Crippen LogP contribution in [0.2, 0.25) is 5.02 Å². The largest absolute Gasteiger partial charge is 0.495 e. The smallest absolute Gasteiger partial charge is 0.227 e. The molecule has 0 saturated heterocycles. The zero-order valence-electron chi connectivity index (χ0n) is 14.7. The van der Waals surface area contributed by atoms with Crippen molar-refractivity contribution in [2.75, 3.05) is 12.4 Å². The van der Waals surface area contributed by atoms with E-state index in [4.69, 9.17) is 21.3 Å². The van der Waals surface area contributed by atoms with Crippen LogP contribution < -0.4 is 10.1 Å². The van der Waals surface area contributed by atoms with Crippen LogP contribution in [0.1, 0.15) is 17.0 Å². The third kappa shape index (κ3) is 3.82. The van der Waals surface area contributed by atoms with E-state index in [1.807, 2.05) is 18.3 Å². The van der Waals surface area contributed by atoms with Gasteiger partial charge in [0.25, 0.3) is 0 Å². The van der Waals surface area contributed by atoms with Gasteiger partial charge in [-0.2, -0.15) is 0 Å². The number of hydrogen-bond acceptors (Lipinski definition) is 5. The highest BCUT2D eigenvalue weighted by Gasteiger charge is 2.28. The van der Waals surface area contributed by atoms with Gasteiger partial charge in [0.2, 0.25) is 5.91 Å². The molecule has 27 heavy (non-hydrogen) atoms. The Kier molecular flexibility index (Phi) is 5.09. The Labute approximate surface area is 166 Å². The summed E-state index contributed by atoms with van der Waals surface area (Å²) in [5.74, 6) is 0.531. The standard InChI is InChI=1S/C20H18ClN3O2S/c1-26-17-7-5-14(10-15(17)21)23-19(25)12-4-6-16-18(9-12)27-20(24-16)13-3-2-8-22-11-13/h2-3,5,7-8,10-12H,4,6,9H2,1H3,(H,23,25). The average Bonchev–Trinajstić information content (AvgIpc) is 3.12. The van der Waals surface area contributed by atoms with E-state index in [1.165, 1.54) is 4.88 Å². The summed E-state index contributed by atoms with van der Waals surface area (Å²) in [5, 5.41) is 4.41. The number of amides is 1. The van der Waals surface area contributed by atoms with Crippen molar-refractivity contribution < 1.29 is 9.53 Å². The molecule has 1 amide bonds. The second-order valence-electron chi connectivity index (χ2n) is 6.41. The van der Waals surface area contributed by atoms with E-state index < -0.39 is 0 Å². The van der Waals surface area contributed by atoms with Crippen molar-refractivity contribution in [2.24, 2.45) is 5.92 Å². The molecule has 0 fully saturated rings. The molecule has 0 saturated carbocycles. The van der Waals surface area contributed by atoms with Crippen LogP contribution in [0.3, 0.4) is 0 Å². The van der Waals surface area contributed by atoms with Gasteiger partial charge in [0.15, 0.2) is 0 Å². The van der Waals surface area contributed by atoms with E-state index >= 15 is 0 Å². The highest BCUT2D eigenvalue weighted by molar-refractivity contribution is 7.15. The normalized spacial score (nSPS) is 15.9. The van der Waals surface area contributed by atoms with Gasteiger partial charge < -0.3 is 10.1 Å². The molecular weight excluding hydrogens is 382 g/mol. The molecule has 1 aromatic carbocycles. The first-order valence-electron chi connectivity index (χ1n) is 8.67. The lowest BCUT2D eigenvalue weighted by Crippen LogP contribution is -2.27. The van der Waals surface area contributed by atoms with Crippen LogP contribution in [0, 0.1) is 5.92 Å². The summed E-state index contributed by atoms with van der Waals surface area (Å²) in [5.41, 5.74) is 2.80. The summed E-state index contributed by atoms with van der Waals surface area (Å²) < 4.78 is 5.14. The number of nitrogens with one attached hydrogen (secondary N) is 1. The molecule has 138 valence electrons. The molecule has 0 aliphatic heterocycles. The Morgan fingerprint density at radius 3 is 3.00 bits per heavy atom. The lowest BCUT2D eigenvalue weighted by Gasteiger charge is -2.20. The monoisotopic (exact) mass is 399 g/mol. The van der Waals surface area contributed by atoms with E-state index in [0.29, 0.717) is 22.9 Å². The molecule has 1 atom stereocenters. The first-order chi connectivity index (χ1) is 13.1. The minimum Gasteiger partial charge on any atom is -0.495 e. The fraction of sp³-hybridized carbons (Fsp3) is 0.250. The van der Waals surface area contributed by atoms with Gasteiger partial charge in [-0.15, -0.1) is 11.3 Å². The molecular formula is C20H18ClN3O2S. The van der Waals surface area contributed by atoms with Crippen molar-refractivity contribution in [2.45, 2.75) is 19.3 Å². The predicted molar refractivity (Wildman–Crippen MR) is 107 cm³/mol. The summed E-state index contributed by atoms with van der Waals surface area (Å²) in [4.78, 5) is 22.8. The summed E-state index contributed by atoms with van der Waals surface area (Å²) in [7, 11) is 1.56. The molecule has 5 nitrogen and oxygen atoms in total. The van der Waals surface area contributed by atoms with Crippen LogP contribution >= 0.6 is 22.9 Å². The Bertz CT molecular complexity index is 975. The summed E-state index contributed by atoms with van der Waals surface area (Å²) in [6, 6.07) is 9.17. The number of methoxy groups -OCH3 is 1. The quantitative estimate of drug-likeness (QED) is 0.695. The van der Waals surface area contributed by atoms with Gasteiger partial charge in [0, 0.05) is 34.4 Å². The number of benzene rings is 1. The fourth-order valence-corrected chi connectivity index (χ4v) is 4.64. The Morgan fingerprint density at radius 2 is 2.26 bits per heavy atom. The van der Waals surface area contributed by atoms with Crippen LogP contribution in [0.5, 0.6) is 5.75 Å². The third-order valence-electron chi connectivity index (χ3n) is 4.64. The van der Waals surface area contributed by atoms with E-state index in [-0.39, 0.29) is 11.8 Å². The van der Waals surface area contributed by atoms with E-state index in [9.17, 15) is 4.79 Å². The van der Waals surface area contributed by atoms with Gasteiger partial charge in [-0.25, -0.2) is 4.98 Å². The third-order valence-corrected chi connectivity index (χ3v) is 6.10. The minimum absolute atomic E-state index is 0.0122. The number of fused-ring (bicyclic) bond motifs is 1. The highest BCUT2D eigenvalue weighted by Crippen LogP contribution is 2.35. The van der Waals surface area contributed by atoms with Gasteiger partial charge in [0.1, 0.15) is 10.8 Å². The van der Waals surface area contributed by atoms with Gasteiger partial charge in [-0.3, -0.25) is 9.78 Å². The maximum atomic E-state index is 12.7. The molecule has 2 heterocycles. The van der Waals surface area contributed by atoms with Crippen molar-refractivity contribution in [3.63, 3.8) is 0 Å². The molecule has 0 spiro atoms. The average molecular weight is 400 g/mol. The second kappa shape index (κ2) is 7.66. The highest BCUT2D eigenvalue weighted by atomic mass is 35.5. The van der Waals surface area contributed by atoms with Crippen LogP contribution in [0.25, 0.3) is 10.6 Å². The number of thiazole rings is 1. The molecule has 2 aromatic heterocycles. The van der Waals surface area contributed by atoms with Crippen molar-refractivity contribution in [1.82, 2.24) is 9.97 Å². The number of aromatic nitrogens is 2. The predicted octanol–water partition coefficient (Wildman–Crippen LogP) is 4.61. The second-order valence-corrected chi connectivity index (χ2v) is 7.90. The van der Waals surface area contributed by atoms with Crippen LogP contribution in [-0.4, -0.2) is 23.0 Å². The number of nitrogens with zero attached hydrogens (tertiary/aromatic N) is 2. The number of anilines is 1. The molecule has 1 unspecified atom stereocenters. The van der Waals surface area contributed by atoms with E-state index in [1.54, 1.807) is 42.8 Å². The van der Waals surface area contributed by atoms with Crippen molar-refractivity contribution >= 4 is 34.5 Å². The lowest BCUT2D eigenvalue weighted by atomic mass is 9.90. The maximum Gasteiger partial charge on any atom is 0.227 e. The summed E-state index contributed by atoms with van der Waals surface area (Å²) >= 11 is 7.79. The molecule has 0 bridgehead atoms. The lowest BCUT2D eigenvalue weighted by molar-refractivity contribution is -0.120. The van der Waals surface area contributed by atoms with Gasteiger partial charge in [-0.1, -0.05) is 11.6 Å². The van der Waals surface area contributed by atoms with Gasteiger partial charge >= 0.3 is 0 Å². The first-order valence-corrected chi connectivity index (χ1v) is 9.87. The number of rotatable bonds is 4. The molecule has 1 aliphatic rings. The van der Waals surface area contributed by atoms with Gasteiger partial charge in [-0.05, 0) is 49.6 Å². The van der Waals surface area contributed by atoms with Crippen molar-refractivity contribution in [1.29, 1.82) is 0 Å². The number of aryl methyl sites for hydroxylation is 1. The van der Waals surface area contributed by atoms with Crippen molar-refractivity contribution in [3.05, 3.63) is 58.3 Å².